The lowest BCUT2D eigenvalue weighted by molar-refractivity contribution is -0.148. The maximum absolute atomic E-state index is 11.7. The number of hydrogen-bond donors (Lipinski definition) is 2. The van der Waals surface area contributed by atoms with Gasteiger partial charge in [0.25, 0.3) is 0 Å². The second kappa shape index (κ2) is 5.09. The largest absolute Gasteiger partial charge is 0.377 e. The molecule has 0 radical (unpaired) electrons. The normalized spacial score (nSPS) is 23.4. The molecule has 0 bridgehead atoms. The van der Waals surface area contributed by atoms with Gasteiger partial charge in [-0.25, -0.2) is 0 Å². The summed E-state index contributed by atoms with van der Waals surface area (Å²) in [5, 5.41) is 2.50. The topological polar surface area (TPSA) is 84.7 Å². The first kappa shape index (κ1) is 11.9. The molecule has 1 aliphatic heterocycles. The third-order valence-electron chi connectivity index (χ3n) is 2.35. The zero-order valence-corrected chi connectivity index (χ0v) is 9.03. The molecule has 0 spiro atoms. The fourth-order valence-electron chi connectivity index (χ4n) is 1.51. The number of morpholine rings is 1. The lowest BCUT2D eigenvalue weighted by Gasteiger charge is -2.35. The number of hydrogen-bond acceptors (Lipinski definition) is 4. The van der Waals surface area contributed by atoms with Gasteiger partial charge in [-0.1, -0.05) is 0 Å². The minimum absolute atomic E-state index is 0.216. The predicted octanol–water partition coefficient (Wildman–Crippen LogP) is -1.69. The van der Waals surface area contributed by atoms with Crippen molar-refractivity contribution < 1.29 is 14.3 Å². The summed E-state index contributed by atoms with van der Waals surface area (Å²) in [4.78, 5) is 24.7. The summed E-state index contributed by atoms with van der Waals surface area (Å²) in [5.41, 5.74) is 5.51. The summed E-state index contributed by atoms with van der Waals surface area (Å²) < 4.78 is 5.17. The van der Waals surface area contributed by atoms with Crippen LogP contribution in [0.2, 0.25) is 0 Å². The first-order chi connectivity index (χ1) is 7.07. The van der Waals surface area contributed by atoms with Crippen LogP contribution in [0.4, 0.5) is 0 Å². The smallest absolute Gasteiger partial charge is 0.244 e. The third kappa shape index (κ3) is 2.66. The van der Waals surface area contributed by atoms with Crippen LogP contribution in [-0.4, -0.2) is 55.6 Å². The van der Waals surface area contributed by atoms with E-state index in [2.05, 4.69) is 5.32 Å². The van der Waals surface area contributed by atoms with E-state index in [0.29, 0.717) is 13.2 Å². The zero-order chi connectivity index (χ0) is 11.4. The summed E-state index contributed by atoms with van der Waals surface area (Å²) in [6, 6.07) is -1.14. The highest BCUT2D eigenvalue weighted by atomic mass is 16.5. The maximum Gasteiger partial charge on any atom is 0.244 e. The molecule has 0 aromatic rings. The minimum Gasteiger partial charge on any atom is -0.377 e. The lowest BCUT2D eigenvalue weighted by Crippen LogP contribution is -2.58. The molecule has 3 N–H and O–H groups in total. The number of likely N-dealkylation sites (N-methyl/N-ethyl adjacent to an activating group) is 1. The standard InChI is InChI=1S/C9H17N3O3/c1-6(10)9(14)12-3-4-15-5-7(12)8(13)11-2/h6-7H,3-5,10H2,1-2H3,(H,11,13)/t6-,7?/m1/s1. The van der Waals surface area contributed by atoms with Gasteiger partial charge in [0, 0.05) is 13.6 Å². The molecule has 0 saturated carbocycles. The number of ether oxygens (including phenoxy) is 1. The highest BCUT2D eigenvalue weighted by Gasteiger charge is 2.33. The van der Waals surface area contributed by atoms with E-state index in [1.54, 1.807) is 6.92 Å². The van der Waals surface area contributed by atoms with E-state index in [4.69, 9.17) is 10.5 Å². The number of nitrogens with two attached hydrogens (primary N) is 1. The predicted molar refractivity (Wildman–Crippen MR) is 54.0 cm³/mol. The molecule has 0 aliphatic carbocycles. The van der Waals surface area contributed by atoms with Crippen LogP contribution in [-0.2, 0) is 14.3 Å². The van der Waals surface area contributed by atoms with Crippen molar-refractivity contribution in [2.75, 3.05) is 26.8 Å². The van der Waals surface area contributed by atoms with Crippen molar-refractivity contribution in [3.63, 3.8) is 0 Å². The van der Waals surface area contributed by atoms with Crippen LogP contribution in [0, 0.1) is 0 Å². The van der Waals surface area contributed by atoms with Crippen molar-refractivity contribution in [1.82, 2.24) is 10.2 Å². The van der Waals surface area contributed by atoms with Crippen molar-refractivity contribution in [1.29, 1.82) is 0 Å². The Balaban J connectivity index is 2.73. The number of nitrogens with zero attached hydrogens (tertiary/aromatic N) is 1. The van der Waals surface area contributed by atoms with Crippen molar-refractivity contribution in [2.45, 2.75) is 19.0 Å². The summed E-state index contributed by atoms with van der Waals surface area (Å²) in [6.45, 7) is 2.71. The second-order valence-corrected chi connectivity index (χ2v) is 3.53. The van der Waals surface area contributed by atoms with Gasteiger partial charge in [-0.05, 0) is 6.92 Å². The Morgan fingerprint density at radius 1 is 1.60 bits per heavy atom. The quantitative estimate of drug-likeness (QED) is 0.575. The Labute approximate surface area is 88.7 Å². The number of nitrogens with one attached hydrogen (secondary N) is 1. The summed E-state index contributed by atoms with van der Waals surface area (Å²) >= 11 is 0. The summed E-state index contributed by atoms with van der Waals surface area (Å²) in [6.07, 6.45) is 0. The Morgan fingerprint density at radius 2 is 2.27 bits per heavy atom. The fraction of sp³-hybridized carbons (Fsp3) is 0.778. The van der Waals surface area contributed by atoms with Gasteiger partial charge < -0.3 is 20.7 Å². The van der Waals surface area contributed by atoms with Crippen molar-refractivity contribution in [3.05, 3.63) is 0 Å². The molecule has 1 unspecified atom stereocenters. The van der Waals surface area contributed by atoms with Crippen LogP contribution >= 0.6 is 0 Å². The van der Waals surface area contributed by atoms with Gasteiger partial charge in [-0.15, -0.1) is 0 Å². The molecule has 1 saturated heterocycles. The molecule has 0 aromatic heterocycles. The average Bonchev–Trinajstić information content (AvgIpc) is 2.27. The van der Waals surface area contributed by atoms with Crippen molar-refractivity contribution >= 4 is 11.8 Å². The van der Waals surface area contributed by atoms with Gasteiger partial charge in [0.15, 0.2) is 0 Å². The van der Waals surface area contributed by atoms with Gasteiger partial charge in [0.1, 0.15) is 6.04 Å². The van der Waals surface area contributed by atoms with E-state index in [1.165, 1.54) is 11.9 Å². The van der Waals surface area contributed by atoms with Crippen LogP contribution in [0.5, 0.6) is 0 Å². The van der Waals surface area contributed by atoms with Crippen molar-refractivity contribution in [2.24, 2.45) is 5.73 Å². The second-order valence-electron chi connectivity index (χ2n) is 3.53. The van der Waals surface area contributed by atoms with E-state index in [-0.39, 0.29) is 18.4 Å². The molecule has 0 aromatic carbocycles. The first-order valence-electron chi connectivity index (χ1n) is 4.93. The van der Waals surface area contributed by atoms with Gasteiger partial charge in [-0.3, -0.25) is 9.59 Å². The molecular weight excluding hydrogens is 198 g/mol. The van der Waals surface area contributed by atoms with Crippen molar-refractivity contribution in [3.8, 4) is 0 Å². The van der Waals surface area contributed by atoms with Gasteiger partial charge >= 0.3 is 0 Å². The van der Waals surface area contributed by atoms with E-state index in [1.807, 2.05) is 0 Å². The van der Waals surface area contributed by atoms with Gasteiger partial charge in [0.05, 0.1) is 19.3 Å². The zero-order valence-electron chi connectivity index (χ0n) is 9.03. The molecule has 6 heteroatoms. The molecule has 1 aliphatic rings. The van der Waals surface area contributed by atoms with E-state index >= 15 is 0 Å². The molecule has 15 heavy (non-hydrogen) atoms. The van der Waals surface area contributed by atoms with E-state index in [0.717, 1.165) is 0 Å². The first-order valence-corrected chi connectivity index (χ1v) is 4.93. The average molecular weight is 215 g/mol. The van der Waals surface area contributed by atoms with Crippen LogP contribution in [0.1, 0.15) is 6.92 Å². The Hall–Kier alpha value is -1.14. The highest BCUT2D eigenvalue weighted by molar-refractivity contribution is 5.89. The fourth-order valence-corrected chi connectivity index (χ4v) is 1.51. The number of amides is 2. The molecule has 1 fully saturated rings. The Morgan fingerprint density at radius 3 is 2.80 bits per heavy atom. The summed E-state index contributed by atoms with van der Waals surface area (Å²) in [7, 11) is 1.53. The number of carbonyl (C=O) groups excluding carboxylic acids is 2. The molecule has 1 heterocycles. The van der Waals surface area contributed by atoms with Crippen LogP contribution in [0.3, 0.4) is 0 Å². The van der Waals surface area contributed by atoms with Gasteiger partial charge in [-0.2, -0.15) is 0 Å². The minimum atomic E-state index is -0.588. The molecule has 2 atom stereocenters. The Kier molecular flexibility index (Phi) is 4.05. The van der Waals surface area contributed by atoms with E-state index in [9.17, 15) is 9.59 Å². The number of carbonyl (C=O) groups is 2. The number of rotatable bonds is 2. The highest BCUT2D eigenvalue weighted by Crippen LogP contribution is 2.08. The molecule has 1 rings (SSSR count). The molecule has 2 amide bonds. The van der Waals surface area contributed by atoms with Crippen LogP contribution in [0.15, 0.2) is 0 Å². The van der Waals surface area contributed by atoms with Gasteiger partial charge in [0.2, 0.25) is 11.8 Å². The van der Waals surface area contributed by atoms with E-state index < -0.39 is 12.1 Å². The maximum atomic E-state index is 11.7. The molecule has 86 valence electrons. The third-order valence-corrected chi connectivity index (χ3v) is 2.35. The monoisotopic (exact) mass is 215 g/mol. The Bertz CT molecular complexity index is 255. The molecular formula is C9H17N3O3. The molecule has 6 nitrogen and oxygen atoms in total. The SMILES string of the molecule is CNC(=O)C1COCCN1C(=O)[C@@H](C)N. The van der Waals surface area contributed by atoms with Crippen LogP contribution < -0.4 is 11.1 Å². The van der Waals surface area contributed by atoms with Crippen LogP contribution in [0.25, 0.3) is 0 Å². The lowest BCUT2D eigenvalue weighted by atomic mass is 10.1. The summed E-state index contributed by atoms with van der Waals surface area (Å²) in [5.74, 6) is -0.435.